The number of rotatable bonds is 13. The van der Waals surface area contributed by atoms with Gasteiger partial charge in [-0.2, -0.15) is 5.10 Å². The summed E-state index contributed by atoms with van der Waals surface area (Å²) in [6.07, 6.45) is 0.452. The molecule has 5 rings (SSSR count). The molecule has 0 spiro atoms. The Balaban J connectivity index is 1.28. The van der Waals surface area contributed by atoms with E-state index in [0.717, 1.165) is 26.4 Å². The molecule has 47 heavy (non-hydrogen) atoms. The van der Waals surface area contributed by atoms with Gasteiger partial charge in [-0.05, 0) is 66.1 Å². The highest BCUT2D eigenvalue weighted by molar-refractivity contribution is 9.10. The Morgan fingerprint density at radius 1 is 1.02 bits per heavy atom. The fourth-order valence-electron chi connectivity index (χ4n) is 5.09. The smallest absolute Gasteiger partial charge is 0.337 e. The number of hydrazone groups is 1. The molecule has 0 radical (unpaired) electrons. The van der Waals surface area contributed by atoms with Crippen LogP contribution >= 0.6 is 15.9 Å². The van der Waals surface area contributed by atoms with E-state index in [1.807, 2.05) is 67.6 Å². The summed E-state index contributed by atoms with van der Waals surface area (Å²) in [5.74, 6) is 0.812. The van der Waals surface area contributed by atoms with Crippen molar-refractivity contribution in [1.29, 1.82) is 0 Å². The molecule has 0 fully saturated rings. The quantitative estimate of drug-likeness (QED) is 0.0602. The summed E-state index contributed by atoms with van der Waals surface area (Å²) >= 11 is 3.45. The van der Waals surface area contributed by atoms with Crippen LogP contribution in [0.4, 0.5) is 4.79 Å². The molecule has 0 unspecified atom stereocenters. The minimum atomic E-state index is -1.16. The van der Waals surface area contributed by atoms with Crippen molar-refractivity contribution in [3.05, 3.63) is 111 Å². The molecule has 2 amide bonds. The first-order valence-corrected chi connectivity index (χ1v) is 15.7. The zero-order valence-corrected chi connectivity index (χ0v) is 27.7. The lowest BCUT2D eigenvalue weighted by Crippen LogP contribution is -2.45. The van der Waals surface area contributed by atoms with Crippen LogP contribution in [0.3, 0.4) is 0 Å². The molecule has 2 atom stereocenters. The first kappa shape index (κ1) is 33.3. The predicted octanol–water partition coefficient (Wildman–Crippen LogP) is 5.70. The maximum atomic E-state index is 12.5. The number of aliphatic hydroxyl groups excluding tert-OH is 1. The van der Waals surface area contributed by atoms with Crippen LogP contribution in [0.15, 0.2) is 99.7 Å². The van der Waals surface area contributed by atoms with Gasteiger partial charge in [0.2, 0.25) is 0 Å². The summed E-state index contributed by atoms with van der Waals surface area (Å²) in [6.45, 7) is 4.01. The third-order valence-electron chi connectivity index (χ3n) is 7.33. The van der Waals surface area contributed by atoms with Crippen LogP contribution < -0.4 is 30.3 Å². The molecule has 11 nitrogen and oxygen atoms in total. The normalized spacial score (nSPS) is 15.2. The van der Waals surface area contributed by atoms with E-state index < -0.39 is 24.3 Å². The molecular formula is C35H35BrN4O7. The second kappa shape index (κ2) is 15.5. The van der Waals surface area contributed by atoms with Gasteiger partial charge >= 0.3 is 12.0 Å². The SMILES string of the molecule is CCOc1cc([C@H]2NC(=O)NC(C)=C2C(=O)OC)ccc1OC[C@H](O)N/N=C/c1c(OCc2ccc(Br)cc2)ccc2ccccc12. The average molecular weight is 704 g/mol. The van der Waals surface area contributed by atoms with Crippen molar-refractivity contribution < 1.29 is 33.6 Å². The molecule has 244 valence electrons. The molecule has 4 aromatic rings. The summed E-state index contributed by atoms with van der Waals surface area (Å²) < 4.78 is 23.8. The van der Waals surface area contributed by atoms with E-state index in [9.17, 15) is 14.7 Å². The van der Waals surface area contributed by atoms with Crippen molar-refractivity contribution in [2.24, 2.45) is 5.10 Å². The highest BCUT2D eigenvalue weighted by Gasteiger charge is 2.32. The zero-order chi connectivity index (χ0) is 33.3. The predicted molar refractivity (Wildman–Crippen MR) is 181 cm³/mol. The van der Waals surface area contributed by atoms with Crippen molar-refractivity contribution in [1.82, 2.24) is 16.1 Å². The molecule has 1 heterocycles. The van der Waals surface area contributed by atoms with Gasteiger partial charge in [-0.15, -0.1) is 0 Å². The Hall–Kier alpha value is -5.07. The number of amides is 2. The summed E-state index contributed by atoms with van der Waals surface area (Å²) in [4.78, 5) is 24.7. The average Bonchev–Trinajstić information content (AvgIpc) is 3.07. The molecule has 0 saturated carbocycles. The number of fused-ring (bicyclic) bond motifs is 1. The number of allylic oxidation sites excluding steroid dienone is 1. The highest BCUT2D eigenvalue weighted by Crippen LogP contribution is 2.35. The standard InChI is InChI=1S/C35H35BrN4O7/c1-4-45-30-17-24(33-32(34(42)44-3)21(2)38-35(43)39-33)12-16-29(30)47-20-31(41)40-37-18-27-26-8-6-5-7-23(26)11-15-28(27)46-19-22-9-13-25(36)14-10-22/h5-18,31,33,40-41H,4,19-20H2,1-3H3,(H2,38,39,43)/b37-18+/t31-,33+/m0/s1. The van der Waals surface area contributed by atoms with Crippen LogP contribution in [-0.4, -0.2) is 49.9 Å². The van der Waals surface area contributed by atoms with E-state index in [0.29, 0.717) is 41.7 Å². The van der Waals surface area contributed by atoms with Gasteiger partial charge in [0.25, 0.3) is 0 Å². The number of ether oxygens (including phenoxy) is 4. The number of nitrogens with zero attached hydrogens (tertiary/aromatic N) is 1. The van der Waals surface area contributed by atoms with E-state index in [4.69, 9.17) is 18.9 Å². The molecule has 0 aromatic heterocycles. The van der Waals surface area contributed by atoms with Crippen LogP contribution in [-0.2, 0) is 16.1 Å². The van der Waals surface area contributed by atoms with E-state index in [1.165, 1.54) is 7.11 Å². The Morgan fingerprint density at radius 3 is 2.55 bits per heavy atom. The summed E-state index contributed by atoms with van der Waals surface area (Å²) in [5, 5.41) is 22.3. The van der Waals surface area contributed by atoms with Gasteiger partial charge in [0.05, 0.1) is 31.5 Å². The third kappa shape index (κ3) is 8.21. The number of aliphatic hydroxyl groups is 1. The molecule has 4 N–H and O–H groups in total. The summed E-state index contributed by atoms with van der Waals surface area (Å²) in [7, 11) is 1.28. The number of benzene rings is 4. The number of methoxy groups -OCH3 is 1. The molecule has 0 aliphatic carbocycles. The number of hydrogen-bond acceptors (Lipinski definition) is 9. The molecule has 0 bridgehead atoms. The second-order valence-corrected chi connectivity index (χ2v) is 11.4. The second-order valence-electron chi connectivity index (χ2n) is 10.5. The number of halogens is 1. The minimum Gasteiger partial charge on any atom is -0.490 e. The number of esters is 1. The van der Waals surface area contributed by atoms with Crippen molar-refractivity contribution in [3.63, 3.8) is 0 Å². The number of carbonyl (C=O) groups is 2. The zero-order valence-electron chi connectivity index (χ0n) is 26.1. The molecule has 12 heteroatoms. The van der Waals surface area contributed by atoms with Crippen LogP contribution in [0.1, 0.15) is 36.6 Å². The first-order chi connectivity index (χ1) is 22.8. The minimum absolute atomic E-state index is 0.157. The van der Waals surface area contributed by atoms with Crippen LogP contribution in [0.5, 0.6) is 17.2 Å². The molecule has 4 aromatic carbocycles. The lowest BCUT2D eigenvalue weighted by atomic mass is 9.95. The van der Waals surface area contributed by atoms with Gasteiger partial charge in [-0.3, -0.25) is 5.43 Å². The maximum Gasteiger partial charge on any atom is 0.337 e. The van der Waals surface area contributed by atoms with Crippen molar-refractivity contribution in [2.45, 2.75) is 32.7 Å². The van der Waals surface area contributed by atoms with Gasteiger partial charge in [0, 0.05) is 15.7 Å². The van der Waals surface area contributed by atoms with Crippen LogP contribution in [0.25, 0.3) is 10.8 Å². The van der Waals surface area contributed by atoms with Gasteiger partial charge in [-0.25, -0.2) is 9.59 Å². The highest BCUT2D eigenvalue weighted by atomic mass is 79.9. The summed E-state index contributed by atoms with van der Waals surface area (Å²) in [6, 6.07) is 23.6. The maximum absolute atomic E-state index is 12.5. The topological polar surface area (TPSA) is 140 Å². The molecule has 1 aliphatic heterocycles. The van der Waals surface area contributed by atoms with Gasteiger partial charge in [-0.1, -0.05) is 64.5 Å². The lowest BCUT2D eigenvalue weighted by Gasteiger charge is -2.28. The first-order valence-electron chi connectivity index (χ1n) is 14.9. The van der Waals surface area contributed by atoms with Crippen molar-refractivity contribution in [3.8, 4) is 17.2 Å². The van der Waals surface area contributed by atoms with Crippen LogP contribution in [0.2, 0.25) is 0 Å². The lowest BCUT2D eigenvalue weighted by molar-refractivity contribution is -0.136. The van der Waals surface area contributed by atoms with Crippen molar-refractivity contribution >= 4 is 44.9 Å². The Bertz CT molecular complexity index is 1810. The third-order valence-corrected chi connectivity index (χ3v) is 7.86. The molecule has 0 saturated heterocycles. The van der Waals surface area contributed by atoms with E-state index in [1.54, 1.807) is 31.3 Å². The molecular weight excluding hydrogens is 668 g/mol. The van der Waals surface area contributed by atoms with Gasteiger partial charge in [0.15, 0.2) is 17.7 Å². The number of urea groups is 1. The monoisotopic (exact) mass is 702 g/mol. The fraction of sp³-hybridized carbons (Fsp3) is 0.229. The van der Waals surface area contributed by atoms with Gasteiger partial charge in [0.1, 0.15) is 19.0 Å². The summed E-state index contributed by atoms with van der Waals surface area (Å²) in [5.41, 5.74) is 5.74. The molecule has 1 aliphatic rings. The number of nitrogens with one attached hydrogen (secondary N) is 3. The fourth-order valence-corrected chi connectivity index (χ4v) is 5.35. The van der Waals surface area contributed by atoms with E-state index >= 15 is 0 Å². The Kier molecular flexibility index (Phi) is 11.0. The number of carbonyl (C=O) groups excluding carboxylic acids is 2. The van der Waals surface area contributed by atoms with Gasteiger partial charge < -0.3 is 34.7 Å². The van der Waals surface area contributed by atoms with Crippen LogP contribution in [0, 0.1) is 0 Å². The Labute approximate surface area is 280 Å². The largest absolute Gasteiger partial charge is 0.490 e. The number of hydrogen-bond donors (Lipinski definition) is 4. The van der Waals surface area contributed by atoms with E-state index in [-0.39, 0.29) is 12.2 Å². The Morgan fingerprint density at radius 2 is 1.79 bits per heavy atom. The van der Waals surface area contributed by atoms with E-state index in [2.05, 4.69) is 37.1 Å². The van der Waals surface area contributed by atoms with Crippen molar-refractivity contribution in [2.75, 3.05) is 20.3 Å².